The Bertz CT molecular complexity index is 467. The number of likely N-dealkylation sites (tertiary alicyclic amines) is 1. The first kappa shape index (κ1) is 16.0. The Morgan fingerprint density at radius 3 is 2.90 bits per heavy atom. The van der Waals surface area contributed by atoms with Crippen molar-refractivity contribution in [3.05, 3.63) is 18.2 Å². The van der Waals surface area contributed by atoms with Gasteiger partial charge in [-0.2, -0.15) is 0 Å². The molecule has 1 saturated heterocycles. The van der Waals surface area contributed by atoms with E-state index in [1.54, 1.807) is 0 Å². The standard InChI is InChI=1S/C16H28N4O/c1-12(2)16-18-7-10-19(16)9-6-15(21)20-8-4-5-14(11-20)13(3)17/h7,10,12-14H,4-6,8-9,11,17H2,1-3H3/t13-,14+/m1/s1. The minimum atomic E-state index is 0.168. The second kappa shape index (κ2) is 7.07. The molecule has 2 atom stereocenters. The van der Waals surface area contributed by atoms with Crippen LogP contribution in [0.2, 0.25) is 0 Å². The highest BCUT2D eigenvalue weighted by molar-refractivity contribution is 5.76. The molecule has 118 valence electrons. The van der Waals surface area contributed by atoms with E-state index >= 15 is 0 Å². The fourth-order valence-electron chi connectivity index (χ4n) is 3.05. The van der Waals surface area contributed by atoms with Crippen molar-refractivity contribution >= 4 is 5.91 Å². The van der Waals surface area contributed by atoms with Crippen LogP contribution in [0.5, 0.6) is 0 Å². The van der Waals surface area contributed by atoms with Crippen molar-refractivity contribution in [2.75, 3.05) is 13.1 Å². The van der Waals surface area contributed by atoms with Gasteiger partial charge < -0.3 is 15.2 Å². The number of nitrogens with zero attached hydrogens (tertiary/aromatic N) is 3. The average molecular weight is 292 g/mol. The zero-order chi connectivity index (χ0) is 15.4. The van der Waals surface area contributed by atoms with E-state index in [1.165, 1.54) is 0 Å². The molecule has 0 unspecified atom stereocenters. The van der Waals surface area contributed by atoms with Gasteiger partial charge >= 0.3 is 0 Å². The Balaban J connectivity index is 1.88. The highest BCUT2D eigenvalue weighted by Crippen LogP contribution is 2.20. The maximum atomic E-state index is 12.4. The third kappa shape index (κ3) is 4.06. The number of nitrogens with two attached hydrogens (primary N) is 1. The number of amides is 1. The molecule has 1 aliphatic heterocycles. The lowest BCUT2D eigenvalue weighted by Crippen LogP contribution is -2.45. The van der Waals surface area contributed by atoms with Gasteiger partial charge in [0.2, 0.25) is 5.91 Å². The Labute approximate surface area is 127 Å². The van der Waals surface area contributed by atoms with Crippen LogP contribution in [0.15, 0.2) is 12.4 Å². The SMILES string of the molecule is CC(C)c1nccn1CCC(=O)N1CCC[C@H]([C@@H](C)N)C1. The third-order valence-corrected chi connectivity index (χ3v) is 4.38. The normalized spacial score (nSPS) is 20.8. The van der Waals surface area contributed by atoms with Crippen molar-refractivity contribution < 1.29 is 4.79 Å². The second-order valence-corrected chi connectivity index (χ2v) is 6.48. The van der Waals surface area contributed by atoms with Crippen molar-refractivity contribution in [3.8, 4) is 0 Å². The maximum absolute atomic E-state index is 12.4. The number of carbonyl (C=O) groups is 1. The molecule has 1 fully saturated rings. The lowest BCUT2D eigenvalue weighted by molar-refractivity contribution is -0.133. The molecule has 0 aromatic carbocycles. The molecule has 1 amide bonds. The summed E-state index contributed by atoms with van der Waals surface area (Å²) < 4.78 is 2.09. The fraction of sp³-hybridized carbons (Fsp3) is 0.750. The number of piperidine rings is 1. The maximum Gasteiger partial charge on any atom is 0.224 e. The van der Waals surface area contributed by atoms with E-state index in [0.29, 0.717) is 24.8 Å². The van der Waals surface area contributed by atoms with E-state index in [9.17, 15) is 4.79 Å². The van der Waals surface area contributed by atoms with Crippen LogP contribution in [0.4, 0.5) is 0 Å². The fourth-order valence-corrected chi connectivity index (χ4v) is 3.05. The Morgan fingerprint density at radius 1 is 1.48 bits per heavy atom. The van der Waals surface area contributed by atoms with Crippen molar-refractivity contribution in [2.24, 2.45) is 11.7 Å². The topological polar surface area (TPSA) is 64.2 Å². The number of hydrogen-bond donors (Lipinski definition) is 1. The molecule has 0 bridgehead atoms. The van der Waals surface area contributed by atoms with Crippen LogP contribution >= 0.6 is 0 Å². The van der Waals surface area contributed by atoms with Crippen LogP contribution in [0.1, 0.15) is 51.8 Å². The molecule has 0 radical (unpaired) electrons. The quantitative estimate of drug-likeness (QED) is 0.902. The number of imidazole rings is 1. The van der Waals surface area contributed by atoms with Gasteiger partial charge in [-0.15, -0.1) is 0 Å². The molecule has 1 aromatic heterocycles. The zero-order valence-corrected chi connectivity index (χ0v) is 13.5. The molecule has 1 aromatic rings. The third-order valence-electron chi connectivity index (χ3n) is 4.38. The van der Waals surface area contributed by atoms with Gasteiger partial charge in [-0.1, -0.05) is 13.8 Å². The highest BCUT2D eigenvalue weighted by atomic mass is 16.2. The van der Waals surface area contributed by atoms with Crippen LogP contribution in [0.25, 0.3) is 0 Å². The first-order chi connectivity index (χ1) is 9.99. The number of carbonyl (C=O) groups excluding carboxylic acids is 1. The number of rotatable bonds is 5. The van der Waals surface area contributed by atoms with E-state index in [0.717, 1.165) is 31.8 Å². The van der Waals surface area contributed by atoms with Gasteiger partial charge in [0.25, 0.3) is 0 Å². The van der Waals surface area contributed by atoms with E-state index in [-0.39, 0.29) is 11.9 Å². The summed E-state index contributed by atoms with van der Waals surface area (Å²) >= 11 is 0. The van der Waals surface area contributed by atoms with Gasteiger partial charge in [0.05, 0.1) is 0 Å². The van der Waals surface area contributed by atoms with Crippen LogP contribution in [-0.4, -0.2) is 39.5 Å². The first-order valence-electron chi connectivity index (χ1n) is 8.03. The number of aryl methyl sites for hydroxylation is 1. The monoisotopic (exact) mass is 292 g/mol. The van der Waals surface area contributed by atoms with E-state index in [4.69, 9.17) is 5.73 Å². The summed E-state index contributed by atoms with van der Waals surface area (Å²) in [6, 6.07) is 0.168. The van der Waals surface area contributed by atoms with Crippen molar-refractivity contribution in [2.45, 2.75) is 58.5 Å². The van der Waals surface area contributed by atoms with Crippen LogP contribution in [0.3, 0.4) is 0 Å². The van der Waals surface area contributed by atoms with Gasteiger partial charge in [0, 0.05) is 50.4 Å². The van der Waals surface area contributed by atoms with Gasteiger partial charge in [0.15, 0.2) is 0 Å². The van der Waals surface area contributed by atoms with Crippen molar-refractivity contribution in [1.29, 1.82) is 0 Å². The van der Waals surface area contributed by atoms with Gasteiger partial charge in [-0.25, -0.2) is 4.98 Å². The Morgan fingerprint density at radius 2 is 2.24 bits per heavy atom. The highest BCUT2D eigenvalue weighted by Gasteiger charge is 2.25. The molecule has 2 heterocycles. The largest absolute Gasteiger partial charge is 0.342 e. The molecule has 2 rings (SSSR count). The summed E-state index contributed by atoms with van der Waals surface area (Å²) in [6.07, 6.45) is 6.53. The van der Waals surface area contributed by atoms with Gasteiger partial charge in [-0.3, -0.25) is 4.79 Å². The molecule has 21 heavy (non-hydrogen) atoms. The molecule has 5 nitrogen and oxygen atoms in total. The molecule has 0 aliphatic carbocycles. The lowest BCUT2D eigenvalue weighted by atomic mass is 9.92. The van der Waals surface area contributed by atoms with Gasteiger partial charge in [-0.05, 0) is 25.7 Å². The Hall–Kier alpha value is -1.36. The lowest BCUT2D eigenvalue weighted by Gasteiger charge is -2.34. The molecule has 0 spiro atoms. The zero-order valence-electron chi connectivity index (χ0n) is 13.5. The predicted octanol–water partition coefficient (Wildman–Crippen LogP) is 1.98. The average Bonchev–Trinajstić information content (AvgIpc) is 2.93. The summed E-state index contributed by atoms with van der Waals surface area (Å²) in [5.74, 6) is 2.12. The molecule has 0 saturated carbocycles. The number of hydrogen-bond acceptors (Lipinski definition) is 3. The van der Waals surface area contributed by atoms with Crippen LogP contribution in [-0.2, 0) is 11.3 Å². The molecule has 5 heteroatoms. The van der Waals surface area contributed by atoms with E-state index in [2.05, 4.69) is 23.4 Å². The molecular formula is C16H28N4O. The van der Waals surface area contributed by atoms with Gasteiger partial charge in [0.1, 0.15) is 5.82 Å². The molecular weight excluding hydrogens is 264 g/mol. The summed E-state index contributed by atoms with van der Waals surface area (Å²) in [5.41, 5.74) is 5.98. The first-order valence-corrected chi connectivity index (χ1v) is 8.03. The number of aromatic nitrogens is 2. The summed E-state index contributed by atoms with van der Waals surface area (Å²) in [5, 5.41) is 0. The van der Waals surface area contributed by atoms with Crippen molar-refractivity contribution in [1.82, 2.24) is 14.5 Å². The van der Waals surface area contributed by atoms with Crippen LogP contribution < -0.4 is 5.73 Å². The summed E-state index contributed by atoms with van der Waals surface area (Å²) in [6.45, 7) is 8.70. The van der Waals surface area contributed by atoms with Crippen LogP contribution in [0, 0.1) is 5.92 Å². The summed E-state index contributed by atoms with van der Waals surface area (Å²) in [7, 11) is 0. The van der Waals surface area contributed by atoms with E-state index < -0.39 is 0 Å². The smallest absolute Gasteiger partial charge is 0.224 e. The van der Waals surface area contributed by atoms with E-state index in [1.807, 2.05) is 24.2 Å². The van der Waals surface area contributed by atoms with Crippen molar-refractivity contribution in [3.63, 3.8) is 0 Å². The molecule has 1 aliphatic rings. The second-order valence-electron chi connectivity index (χ2n) is 6.48. The Kier molecular flexibility index (Phi) is 5.39. The summed E-state index contributed by atoms with van der Waals surface area (Å²) in [4.78, 5) is 18.7. The minimum absolute atomic E-state index is 0.168. The predicted molar refractivity (Wildman–Crippen MR) is 83.9 cm³/mol. The molecule has 2 N–H and O–H groups in total. The minimum Gasteiger partial charge on any atom is -0.342 e.